The van der Waals surface area contributed by atoms with Crippen molar-refractivity contribution in [3.63, 3.8) is 0 Å². The van der Waals surface area contributed by atoms with Crippen molar-refractivity contribution in [2.75, 3.05) is 19.0 Å². The number of halogens is 1. The minimum absolute atomic E-state index is 0.219. The van der Waals surface area contributed by atoms with Crippen LogP contribution in [0.1, 0.15) is 21.5 Å². The Kier molecular flexibility index (Phi) is 5.33. The van der Waals surface area contributed by atoms with Gasteiger partial charge in [0, 0.05) is 24.1 Å². The number of carbonyl (C=O) groups is 1. The standard InChI is InChI=1S/C17H18BrN3O/c1-12-5-4-6-14(9-12)17(22)20-19-11-13-7-8-16(21(2)3)15(18)10-13/h4-11H,1-3H3,(H,20,22)/b19-11+. The van der Waals surface area contributed by atoms with E-state index in [9.17, 15) is 4.79 Å². The van der Waals surface area contributed by atoms with Gasteiger partial charge in [0.1, 0.15) is 0 Å². The van der Waals surface area contributed by atoms with Crippen LogP contribution in [0.3, 0.4) is 0 Å². The number of hydrogen-bond acceptors (Lipinski definition) is 3. The smallest absolute Gasteiger partial charge is 0.271 e. The number of aryl methyl sites for hydroxylation is 1. The third-order valence-corrected chi connectivity index (χ3v) is 3.75. The summed E-state index contributed by atoms with van der Waals surface area (Å²) in [4.78, 5) is 14.0. The zero-order valence-corrected chi connectivity index (χ0v) is 14.4. The van der Waals surface area contributed by atoms with Crippen LogP contribution >= 0.6 is 15.9 Å². The number of hydrazone groups is 1. The highest BCUT2D eigenvalue weighted by atomic mass is 79.9. The molecule has 0 aliphatic carbocycles. The third kappa shape index (κ3) is 4.18. The number of nitrogens with zero attached hydrogens (tertiary/aromatic N) is 2. The molecule has 5 heteroatoms. The maximum Gasteiger partial charge on any atom is 0.271 e. The van der Waals surface area contributed by atoms with E-state index in [0.29, 0.717) is 5.56 Å². The predicted molar refractivity (Wildman–Crippen MR) is 94.7 cm³/mol. The van der Waals surface area contributed by atoms with Crippen molar-refractivity contribution < 1.29 is 4.79 Å². The van der Waals surface area contributed by atoms with Crippen molar-refractivity contribution in [3.05, 3.63) is 63.6 Å². The minimum Gasteiger partial charge on any atom is -0.377 e. The van der Waals surface area contributed by atoms with Crippen molar-refractivity contribution in [1.82, 2.24) is 5.43 Å². The molecule has 2 aromatic carbocycles. The fraction of sp³-hybridized carbons (Fsp3) is 0.176. The van der Waals surface area contributed by atoms with Crippen molar-refractivity contribution >= 4 is 33.7 Å². The van der Waals surface area contributed by atoms with Crippen LogP contribution in [0, 0.1) is 6.92 Å². The van der Waals surface area contributed by atoms with Crippen molar-refractivity contribution in [1.29, 1.82) is 0 Å². The van der Waals surface area contributed by atoms with Crippen LogP contribution in [0.25, 0.3) is 0 Å². The van der Waals surface area contributed by atoms with E-state index in [0.717, 1.165) is 21.3 Å². The highest BCUT2D eigenvalue weighted by Gasteiger charge is 2.04. The summed E-state index contributed by atoms with van der Waals surface area (Å²) < 4.78 is 0.978. The summed E-state index contributed by atoms with van der Waals surface area (Å²) in [5, 5.41) is 4.00. The van der Waals surface area contributed by atoms with Gasteiger partial charge in [0.25, 0.3) is 5.91 Å². The van der Waals surface area contributed by atoms with Crippen LogP contribution in [0.2, 0.25) is 0 Å². The largest absolute Gasteiger partial charge is 0.377 e. The van der Waals surface area contributed by atoms with Gasteiger partial charge in [-0.25, -0.2) is 5.43 Å². The first kappa shape index (κ1) is 16.2. The normalized spacial score (nSPS) is 10.7. The van der Waals surface area contributed by atoms with Crippen molar-refractivity contribution in [2.24, 2.45) is 5.10 Å². The molecule has 114 valence electrons. The summed E-state index contributed by atoms with van der Waals surface area (Å²) in [5.41, 5.74) is 6.17. The van der Waals surface area contributed by atoms with Gasteiger partial charge >= 0.3 is 0 Å². The first-order valence-corrected chi connectivity index (χ1v) is 7.63. The maximum absolute atomic E-state index is 12.0. The molecule has 0 aromatic heterocycles. The number of benzene rings is 2. The summed E-state index contributed by atoms with van der Waals surface area (Å²) in [6.45, 7) is 1.95. The van der Waals surface area contributed by atoms with Gasteiger partial charge in [-0.1, -0.05) is 23.8 Å². The van der Waals surface area contributed by atoms with Gasteiger partial charge in [-0.05, 0) is 52.7 Å². The Morgan fingerprint density at radius 1 is 1.23 bits per heavy atom. The number of hydrogen-bond donors (Lipinski definition) is 1. The molecule has 0 bridgehead atoms. The van der Waals surface area contributed by atoms with Crippen LogP contribution in [0.4, 0.5) is 5.69 Å². The highest BCUT2D eigenvalue weighted by Crippen LogP contribution is 2.25. The van der Waals surface area contributed by atoms with Crippen LogP contribution in [-0.4, -0.2) is 26.2 Å². The number of rotatable bonds is 4. The SMILES string of the molecule is Cc1cccc(C(=O)N/N=C/c2ccc(N(C)C)c(Br)c2)c1. The van der Waals surface area contributed by atoms with Gasteiger partial charge in [-0.15, -0.1) is 0 Å². The van der Waals surface area contributed by atoms with E-state index in [2.05, 4.69) is 26.5 Å². The molecule has 2 aromatic rings. The predicted octanol–water partition coefficient (Wildman–Crippen LogP) is 3.59. The highest BCUT2D eigenvalue weighted by molar-refractivity contribution is 9.10. The lowest BCUT2D eigenvalue weighted by atomic mass is 10.1. The minimum atomic E-state index is -0.219. The number of amides is 1. The van der Waals surface area contributed by atoms with Crippen molar-refractivity contribution in [3.8, 4) is 0 Å². The average Bonchev–Trinajstić information content (AvgIpc) is 2.46. The van der Waals surface area contributed by atoms with Crippen LogP contribution in [-0.2, 0) is 0 Å². The van der Waals surface area contributed by atoms with Gasteiger partial charge in [0.15, 0.2) is 0 Å². The quantitative estimate of drug-likeness (QED) is 0.669. The molecule has 0 saturated carbocycles. The van der Waals surface area contributed by atoms with E-state index < -0.39 is 0 Å². The fourth-order valence-electron chi connectivity index (χ4n) is 1.98. The summed E-state index contributed by atoms with van der Waals surface area (Å²) in [6, 6.07) is 13.3. The molecule has 0 heterocycles. The van der Waals surface area contributed by atoms with E-state index in [1.54, 1.807) is 12.3 Å². The molecule has 0 unspecified atom stereocenters. The molecule has 0 radical (unpaired) electrons. The lowest BCUT2D eigenvalue weighted by Crippen LogP contribution is -2.17. The van der Waals surface area contributed by atoms with E-state index in [1.165, 1.54) is 0 Å². The Labute approximate surface area is 139 Å². The molecule has 0 saturated heterocycles. The fourth-order valence-corrected chi connectivity index (χ4v) is 2.73. The summed E-state index contributed by atoms with van der Waals surface area (Å²) in [6.07, 6.45) is 1.62. The first-order valence-electron chi connectivity index (χ1n) is 6.84. The van der Waals surface area contributed by atoms with Crippen LogP contribution in [0.5, 0.6) is 0 Å². The second kappa shape index (κ2) is 7.22. The Morgan fingerprint density at radius 2 is 2.00 bits per heavy atom. The number of nitrogens with one attached hydrogen (secondary N) is 1. The van der Waals surface area contributed by atoms with Gasteiger partial charge in [0.05, 0.1) is 11.9 Å². The summed E-state index contributed by atoms with van der Waals surface area (Å²) >= 11 is 3.52. The zero-order valence-electron chi connectivity index (χ0n) is 12.8. The van der Waals surface area contributed by atoms with Crippen LogP contribution < -0.4 is 10.3 Å². The Bertz CT molecular complexity index is 711. The molecular weight excluding hydrogens is 342 g/mol. The van der Waals surface area contributed by atoms with Crippen LogP contribution in [0.15, 0.2) is 52.0 Å². The molecule has 0 atom stereocenters. The molecule has 0 spiro atoms. The molecule has 0 aliphatic heterocycles. The molecular formula is C17H18BrN3O. The molecule has 2 rings (SSSR count). The molecule has 22 heavy (non-hydrogen) atoms. The summed E-state index contributed by atoms with van der Waals surface area (Å²) in [7, 11) is 3.96. The lowest BCUT2D eigenvalue weighted by Gasteiger charge is -2.14. The van der Waals surface area contributed by atoms with Gasteiger partial charge in [-0.2, -0.15) is 5.10 Å². The third-order valence-electron chi connectivity index (χ3n) is 3.11. The van der Waals surface area contributed by atoms with E-state index >= 15 is 0 Å². The van der Waals surface area contributed by atoms with E-state index in [4.69, 9.17) is 0 Å². The topological polar surface area (TPSA) is 44.7 Å². The van der Waals surface area contributed by atoms with E-state index in [-0.39, 0.29) is 5.91 Å². The van der Waals surface area contributed by atoms with E-state index in [1.807, 2.05) is 62.3 Å². The van der Waals surface area contributed by atoms with Gasteiger partial charge in [0.2, 0.25) is 0 Å². The first-order chi connectivity index (χ1) is 10.5. The number of carbonyl (C=O) groups excluding carboxylic acids is 1. The Hall–Kier alpha value is -2.14. The molecule has 0 fully saturated rings. The second-order valence-electron chi connectivity index (χ2n) is 5.17. The zero-order chi connectivity index (χ0) is 16.1. The van der Waals surface area contributed by atoms with Gasteiger partial charge in [-0.3, -0.25) is 4.79 Å². The molecule has 1 amide bonds. The second-order valence-corrected chi connectivity index (χ2v) is 6.03. The summed E-state index contributed by atoms with van der Waals surface area (Å²) in [5.74, 6) is -0.219. The monoisotopic (exact) mass is 359 g/mol. The number of anilines is 1. The Balaban J connectivity index is 2.03. The lowest BCUT2D eigenvalue weighted by molar-refractivity contribution is 0.0955. The maximum atomic E-state index is 12.0. The molecule has 1 N–H and O–H groups in total. The average molecular weight is 360 g/mol. The molecule has 0 aliphatic rings. The Morgan fingerprint density at radius 3 is 2.64 bits per heavy atom. The van der Waals surface area contributed by atoms with Gasteiger partial charge < -0.3 is 4.90 Å². The van der Waals surface area contributed by atoms with Crippen molar-refractivity contribution in [2.45, 2.75) is 6.92 Å². The molecule has 4 nitrogen and oxygen atoms in total.